The Morgan fingerprint density at radius 1 is 0.833 bits per heavy atom. The molecule has 4 aromatic carbocycles. The molecule has 0 amide bonds. The number of phenolic OH excluding ortho intramolecular Hbond substituents is 1. The van der Waals surface area contributed by atoms with Crippen molar-refractivity contribution in [2.45, 2.75) is 42.6 Å². The number of ether oxygens (including phenoxy) is 1. The summed E-state index contributed by atoms with van der Waals surface area (Å²) in [5.74, 6) is 0.715. The highest BCUT2D eigenvalue weighted by Crippen LogP contribution is 2.38. The van der Waals surface area contributed by atoms with Gasteiger partial charge in [-0.3, -0.25) is 0 Å². The van der Waals surface area contributed by atoms with Crippen LogP contribution in [-0.4, -0.2) is 24.3 Å². The first-order chi connectivity index (χ1) is 17.3. The number of hydrogen-bond donors (Lipinski definition) is 1. The van der Waals surface area contributed by atoms with E-state index < -0.39 is 10.8 Å². The van der Waals surface area contributed by atoms with Gasteiger partial charge in [-0.25, -0.2) is 4.21 Å². The van der Waals surface area contributed by atoms with Crippen molar-refractivity contribution in [2.24, 2.45) is 0 Å². The van der Waals surface area contributed by atoms with Crippen molar-refractivity contribution in [2.75, 3.05) is 0 Å². The van der Waals surface area contributed by atoms with Crippen molar-refractivity contribution in [3.63, 3.8) is 0 Å². The third-order valence-electron chi connectivity index (χ3n) is 5.86. The Morgan fingerprint density at radius 3 is 2.19 bits per heavy atom. The topological polar surface area (TPSA) is 77.2 Å². The quantitative estimate of drug-likeness (QED) is 0.304. The highest BCUT2D eigenvalue weighted by Gasteiger charge is 2.24. The van der Waals surface area contributed by atoms with Crippen LogP contribution < -0.4 is 4.74 Å². The molecule has 0 saturated heterocycles. The van der Waals surface area contributed by atoms with Gasteiger partial charge in [0.05, 0.1) is 10.8 Å². The molecule has 1 unspecified atom stereocenters. The summed E-state index contributed by atoms with van der Waals surface area (Å²) in [6.07, 6.45) is 0. The summed E-state index contributed by atoms with van der Waals surface area (Å²) < 4.78 is 19.1. The second-order valence-electron chi connectivity index (χ2n) is 9.58. The van der Waals surface area contributed by atoms with E-state index in [1.807, 2.05) is 87.5 Å². The molecule has 0 aliphatic carbocycles. The predicted octanol–water partition coefficient (Wildman–Crippen LogP) is 6.17. The lowest BCUT2D eigenvalue weighted by Crippen LogP contribution is -2.13. The first-order valence-corrected chi connectivity index (χ1v) is 12.8. The van der Waals surface area contributed by atoms with Crippen molar-refractivity contribution in [3.05, 3.63) is 102 Å². The molecule has 0 fully saturated rings. The molecule has 1 aromatic heterocycles. The van der Waals surface area contributed by atoms with Crippen molar-refractivity contribution >= 4 is 21.8 Å². The number of nitrogens with zero attached hydrogens (tertiary/aromatic N) is 3. The van der Waals surface area contributed by atoms with E-state index in [9.17, 15) is 9.32 Å². The molecule has 36 heavy (non-hydrogen) atoms. The summed E-state index contributed by atoms with van der Waals surface area (Å²) in [5, 5.41) is 20.4. The average molecular weight is 498 g/mol. The van der Waals surface area contributed by atoms with E-state index in [0.29, 0.717) is 34.0 Å². The maximum absolute atomic E-state index is 13.0. The van der Waals surface area contributed by atoms with Crippen LogP contribution in [0.25, 0.3) is 16.7 Å². The van der Waals surface area contributed by atoms with Crippen LogP contribution in [0.2, 0.25) is 0 Å². The third kappa shape index (κ3) is 4.88. The van der Waals surface area contributed by atoms with E-state index in [2.05, 4.69) is 10.2 Å². The van der Waals surface area contributed by atoms with Gasteiger partial charge in [0.25, 0.3) is 0 Å². The van der Waals surface area contributed by atoms with Gasteiger partial charge in [0.2, 0.25) is 0 Å². The molecule has 5 rings (SSSR count). The second-order valence-corrected chi connectivity index (χ2v) is 11.1. The number of hydrogen-bond acceptors (Lipinski definition) is 5. The molecule has 0 aliphatic rings. The number of benzene rings is 4. The standard InChI is InChI=1S/C29H27N3O3S/c1-29(2,3)24-16-21(35-19-20-10-6-4-7-11-20)17-27(28(24)33)32-30-25-15-14-23(18-26(25)31-32)36(34)22-12-8-5-9-13-22/h4-18,33H,19H2,1-3H3. The van der Waals surface area contributed by atoms with E-state index in [1.165, 1.54) is 4.80 Å². The SMILES string of the molecule is CC(C)(C)c1cc(OCc2ccccc2)cc(-n2nc3ccc(S(=O)c4ccccc4)cc3n2)c1O. The fourth-order valence-electron chi connectivity index (χ4n) is 3.94. The smallest absolute Gasteiger partial charge is 0.147 e. The number of aromatic nitrogens is 3. The van der Waals surface area contributed by atoms with Crippen LogP contribution in [0.3, 0.4) is 0 Å². The van der Waals surface area contributed by atoms with Gasteiger partial charge in [0.15, 0.2) is 0 Å². The largest absolute Gasteiger partial charge is 0.505 e. The minimum atomic E-state index is -1.33. The van der Waals surface area contributed by atoms with Crippen molar-refractivity contribution in [1.29, 1.82) is 0 Å². The molecule has 0 bridgehead atoms. The molecule has 0 saturated carbocycles. The van der Waals surface area contributed by atoms with E-state index in [1.54, 1.807) is 24.3 Å². The molecule has 0 aliphatic heterocycles. The van der Waals surface area contributed by atoms with Gasteiger partial charge in [-0.2, -0.15) is 0 Å². The number of phenols is 1. The zero-order valence-electron chi connectivity index (χ0n) is 20.4. The van der Waals surface area contributed by atoms with Crippen LogP contribution in [0.4, 0.5) is 0 Å². The summed E-state index contributed by atoms with van der Waals surface area (Å²) in [6, 6.07) is 28.2. The zero-order chi connectivity index (χ0) is 25.3. The lowest BCUT2D eigenvalue weighted by Gasteiger charge is -2.23. The molecule has 7 heteroatoms. The molecular weight excluding hydrogens is 470 g/mol. The lowest BCUT2D eigenvalue weighted by molar-refractivity contribution is 0.304. The zero-order valence-corrected chi connectivity index (χ0v) is 21.2. The molecule has 0 spiro atoms. The molecule has 6 nitrogen and oxygen atoms in total. The Bertz CT molecular complexity index is 1540. The van der Waals surface area contributed by atoms with Crippen LogP contribution in [0.5, 0.6) is 11.5 Å². The van der Waals surface area contributed by atoms with Gasteiger partial charge in [0.1, 0.15) is 34.8 Å². The third-order valence-corrected chi connectivity index (χ3v) is 7.24. The van der Waals surface area contributed by atoms with Crippen molar-refractivity contribution < 1.29 is 14.1 Å². The van der Waals surface area contributed by atoms with Gasteiger partial charge >= 0.3 is 0 Å². The highest BCUT2D eigenvalue weighted by atomic mass is 32.2. The van der Waals surface area contributed by atoms with E-state index in [4.69, 9.17) is 4.74 Å². The molecule has 182 valence electrons. The maximum Gasteiger partial charge on any atom is 0.147 e. The second kappa shape index (κ2) is 9.59. The number of fused-ring (bicyclic) bond motifs is 1. The Balaban J connectivity index is 1.53. The predicted molar refractivity (Wildman–Crippen MR) is 141 cm³/mol. The van der Waals surface area contributed by atoms with Gasteiger partial charge in [-0.15, -0.1) is 15.0 Å². The monoisotopic (exact) mass is 497 g/mol. The first kappa shape index (κ1) is 23.8. The van der Waals surface area contributed by atoms with Gasteiger partial charge < -0.3 is 9.84 Å². The van der Waals surface area contributed by atoms with Gasteiger partial charge in [-0.05, 0) is 47.4 Å². The molecule has 1 N–H and O–H groups in total. The fraction of sp³-hybridized carbons (Fsp3) is 0.172. The van der Waals surface area contributed by atoms with Crippen LogP contribution >= 0.6 is 0 Å². The fourth-order valence-corrected chi connectivity index (χ4v) is 5.03. The Kier molecular flexibility index (Phi) is 6.33. The minimum Gasteiger partial charge on any atom is -0.505 e. The summed E-state index contributed by atoms with van der Waals surface area (Å²) in [7, 11) is -1.33. The highest BCUT2D eigenvalue weighted by molar-refractivity contribution is 7.85. The normalized spacial score (nSPS) is 12.5. The summed E-state index contributed by atoms with van der Waals surface area (Å²) in [5.41, 5.74) is 3.09. The molecule has 1 atom stereocenters. The molecule has 0 radical (unpaired) electrons. The first-order valence-electron chi connectivity index (χ1n) is 11.7. The summed E-state index contributed by atoms with van der Waals surface area (Å²) in [6.45, 7) is 6.50. The van der Waals surface area contributed by atoms with E-state index in [-0.39, 0.29) is 11.2 Å². The average Bonchev–Trinajstić information content (AvgIpc) is 3.31. The van der Waals surface area contributed by atoms with Gasteiger partial charge in [0, 0.05) is 21.4 Å². The van der Waals surface area contributed by atoms with Crippen molar-refractivity contribution in [3.8, 4) is 17.2 Å². The summed E-state index contributed by atoms with van der Waals surface area (Å²) >= 11 is 0. The van der Waals surface area contributed by atoms with Crippen LogP contribution in [0.15, 0.2) is 101 Å². The van der Waals surface area contributed by atoms with Crippen molar-refractivity contribution in [1.82, 2.24) is 15.0 Å². The Labute approximate surface area is 212 Å². The number of aromatic hydroxyl groups is 1. The molecule has 5 aromatic rings. The summed E-state index contributed by atoms with van der Waals surface area (Å²) in [4.78, 5) is 2.78. The maximum atomic E-state index is 13.0. The van der Waals surface area contributed by atoms with E-state index >= 15 is 0 Å². The van der Waals surface area contributed by atoms with Crippen LogP contribution in [0.1, 0.15) is 31.9 Å². The molecular formula is C29H27N3O3S. The Morgan fingerprint density at radius 2 is 1.50 bits per heavy atom. The molecule has 1 heterocycles. The number of rotatable bonds is 6. The van der Waals surface area contributed by atoms with Crippen LogP contribution in [-0.2, 0) is 22.8 Å². The van der Waals surface area contributed by atoms with Gasteiger partial charge in [-0.1, -0.05) is 69.3 Å². The van der Waals surface area contributed by atoms with Crippen LogP contribution in [0, 0.1) is 0 Å². The Hall–Kier alpha value is -3.97. The van der Waals surface area contributed by atoms with E-state index in [0.717, 1.165) is 16.0 Å². The lowest BCUT2D eigenvalue weighted by atomic mass is 9.86. The minimum absolute atomic E-state index is 0.1000.